The Labute approximate surface area is 153 Å². The minimum Gasteiger partial charge on any atom is -0.381 e. The number of nitrogens with zero attached hydrogens (tertiary/aromatic N) is 2. The Kier molecular flexibility index (Phi) is 10.2. The van der Waals surface area contributed by atoms with E-state index in [1.165, 1.54) is 25.7 Å². The van der Waals surface area contributed by atoms with Gasteiger partial charge in [0.1, 0.15) is 0 Å². The van der Waals surface area contributed by atoms with Gasteiger partial charge in [-0.3, -0.25) is 4.99 Å². The molecule has 0 aromatic carbocycles. The van der Waals surface area contributed by atoms with Crippen LogP contribution in [0.2, 0.25) is 0 Å². The van der Waals surface area contributed by atoms with Gasteiger partial charge < -0.3 is 25.0 Å². The molecule has 146 valence electrons. The van der Waals surface area contributed by atoms with E-state index in [1.54, 1.807) is 0 Å². The molecule has 0 unspecified atom stereocenters. The van der Waals surface area contributed by atoms with Crippen molar-refractivity contribution in [2.75, 3.05) is 60.2 Å². The largest absolute Gasteiger partial charge is 0.381 e. The Balaban J connectivity index is 1.44. The van der Waals surface area contributed by atoms with Gasteiger partial charge in [0, 0.05) is 59.2 Å². The maximum absolute atomic E-state index is 5.80. The third-order valence-electron chi connectivity index (χ3n) is 5.38. The highest BCUT2D eigenvalue weighted by atomic mass is 16.5. The summed E-state index contributed by atoms with van der Waals surface area (Å²) in [6.45, 7) is 6.38. The minimum absolute atomic E-state index is 0.688. The molecule has 1 aliphatic carbocycles. The molecule has 1 heterocycles. The maximum Gasteiger partial charge on any atom is 0.191 e. The van der Waals surface area contributed by atoms with Crippen molar-refractivity contribution in [2.24, 2.45) is 10.9 Å². The van der Waals surface area contributed by atoms with Gasteiger partial charge in [-0.15, -0.1) is 0 Å². The molecule has 0 aromatic rings. The van der Waals surface area contributed by atoms with Gasteiger partial charge in [0.25, 0.3) is 0 Å². The molecule has 0 radical (unpaired) electrons. The molecule has 0 bridgehead atoms. The molecule has 2 fully saturated rings. The zero-order chi connectivity index (χ0) is 17.7. The fourth-order valence-electron chi connectivity index (χ4n) is 3.64. The molecule has 6 nitrogen and oxygen atoms in total. The van der Waals surface area contributed by atoms with Crippen LogP contribution < -0.4 is 10.6 Å². The summed E-state index contributed by atoms with van der Waals surface area (Å²) in [5.74, 6) is 1.58. The first-order valence-electron chi connectivity index (χ1n) is 10.1. The first kappa shape index (κ1) is 20.5. The van der Waals surface area contributed by atoms with Crippen LogP contribution >= 0.6 is 0 Å². The molecule has 2 rings (SSSR count). The monoisotopic (exact) mass is 354 g/mol. The van der Waals surface area contributed by atoms with Crippen LogP contribution in [-0.2, 0) is 9.47 Å². The van der Waals surface area contributed by atoms with E-state index in [-0.39, 0.29) is 0 Å². The lowest BCUT2D eigenvalue weighted by atomic mass is 10.0. The molecule has 2 N–H and O–H groups in total. The van der Waals surface area contributed by atoms with Gasteiger partial charge in [0.2, 0.25) is 0 Å². The summed E-state index contributed by atoms with van der Waals surface area (Å²) in [4.78, 5) is 6.78. The molecule has 1 aliphatic heterocycles. The molecule has 0 amide bonds. The van der Waals surface area contributed by atoms with E-state index in [1.807, 2.05) is 7.05 Å². The smallest absolute Gasteiger partial charge is 0.191 e. The van der Waals surface area contributed by atoms with E-state index < -0.39 is 0 Å². The Morgan fingerprint density at radius 3 is 2.56 bits per heavy atom. The van der Waals surface area contributed by atoms with Gasteiger partial charge in [-0.05, 0) is 45.1 Å². The average Bonchev–Trinajstić information content (AvgIpc) is 3.18. The molecule has 25 heavy (non-hydrogen) atoms. The number of likely N-dealkylation sites (N-methyl/N-ethyl adjacent to an activating group) is 1. The van der Waals surface area contributed by atoms with Crippen molar-refractivity contribution in [3.05, 3.63) is 0 Å². The van der Waals surface area contributed by atoms with Crippen LogP contribution in [0.25, 0.3) is 0 Å². The van der Waals surface area contributed by atoms with Crippen LogP contribution in [0, 0.1) is 5.92 Å². The number of hydrogen-bond acceptors (Lipinski definition) is 4. The van der Waals surface area contributed by atoms with E-state index in [0.29, 0.717) is 5.92 Å². The van der Waals surface area contributed by atoms with E-state index in [4.69, 9.17) is 9.47 Å². The van der Waals surface area contributed by atoms with E-state index in [0.717, 1.165) is 77.3 Å². The zero-order valence-electron chi connectivity index (χ0n) is 16.3. The van der Waals surface area contributed by atoms with E-state index in [9.17, 15) is 0 Å². The zero-order valence-corrected chi connectivity index (χ0v) is 16.3. The van der Waals surface area contributed by atoms with E-state index >= 15 is 0 Å². The van der Waals surface area contributed by atoms with Crippen LogP contribution in [0.5, 0.6) is 0 Å². The predicted octanol–water partition coefficient (Wildman–Crippen LogP) is 1.86. The third-order valence-corrected chi connectivity index (χ3v) is 5.38. The number of rotatable bonds is 10. The van der Waals surface area contributed by atoms with Crippen molar-refractivity contribution in [1.29, 1.82) is 0 Å². The van der Waals surface area contributed by atoms with Gasteiger partial charge in [0.05, 0.1) is 0 Å². The van der Waals surface area contributed by atoms with Crippen molar-refractivity contribution >= 4 is 5.96 Å². The average molecular weight is 355 g/mol. The quantitative estimate of drug-likeness (QED) is 0.356. The Hall–Kier alpha value is -0.850. The second-order valence-corrected chi connectivity index (χ2v) is 7.33. The van der Waals surface area contributed by atoms with Crippen LogP contribution in [0.3, 0.4) is 0 Å². The topological polar surface area (TPSA) is 58.1 Å². The van der Waals surface area contributed by atoms with Crippen molar-refractivity contribution in [2.45, 2.75) is 51.0 Å². The van der Waals surface area contributed by atoms with Crippen molar-refractivity contribution < 1.29 is 9.47 Å². The van der Waals surface area contributed by atoms with Crippen LogP contribution in [-0.4, -0.2) is 77.1 Å². The Morgan fingerprint density at radius 1 is 1.12 bits per heavy atom. The number of aliphatic imine (C=N–C) groups is 1. The molecule has 0 atom stereocenters. The molecule has 2 aliphatic rings. The standard InChI is InChI=1S/C19H38N4O2/c1-20-19(22-11-12-23(2)18-6-3-4-7-18)21-10-5-13-25-16-17-8-14-24-15-9-17/h17-18H,3-16H2,1-2H3,(H2,20,21,22). The van der Waals surface area contributed by atoms with E-state index in [2.05, 4.69) is 27.6 Å². The van der Waals surface area contributed by atoms with Gasteiger partial charge in [0.15, 0.2) is 5.96 Å². The highest BCUT2D eigenvalue weighted by molar-refractivity contribution is 5.79. The normalized spacial score (nSPS) is 20.4. The molecule has 6 heteroatoms. The SMILES string of the molecule is CN=C(NCCCOCC1CCOCC1)NCCN(C)C1CCCC1. The molecular weight excluding hydrogens is 316 g/mol. The molecular formula is C19H38N4O2. The van der Waals surface area contributed by atoms with Crippen LogP contribution in [0.4, 0.5) is 0 Å². The lowest BCUT2D eigenvalue weighted by Crippen LogP contribution is -2.42. The van der Waals surface area contributed by atoms with Crippen LogP contribution in [0.1, 0.15) is 44.9 Å². The fourth-order valence-corrected chi connectivity index (χ4v) is 3.64. The number of hydrogen-bond donors (Lipinski definition) is 2. The maximum atomic E-state index is 5.80. The number of ether oxygens (including phenoxy) is 2. The molecule has 1 saturated carbocycles. The Morgan fingerprint density at radius 2 is 1.84 bits per heavy atom. The summed E-state index contributed by atoms with van der Waals surface area (Å²) in [6, 6.07) is 0.782. The highest BCUT2D eigenvalue weighted by Crippen LogP contribution is 2.21. The predicted molar refractivity (Wildman–Crippen MR) is 103 cm³/mol. The lowest BCUT2D eigenvalue weighted by molar-refractivity contribution is 0.0203. The van der Waals surface area contributed by atoms with Gasteiger partial charge in [-0.1, -0.05) is 12.8 Å². The molecule has 0 aromatic heterocycles. The number of guanidine groups is 1. The summed E-state index contributed by atoms with van der Waals surface area (Å²) >= 11 is 0. The van der Waals surface area contributed by atoms with Crippen molar-refractivity contribution in [3.8, 4) is 0 Å². The lowest BCUT2D eigenvalue weighted by Gasteiger charge is -2.24. The van der Waals surface area contributed by atoms with Gasteiger partial charge >= 0.3 is 0 Å². The van der Waals surface area contributed by atoms with Crippen molar-refractivity contribution in [3.63, 3.8) is 0 Å². The molecule has 0 spiro atoms. The van der Waals surface area contributed by atoms with Gasteiger partial charge in [-0.25, -0.2) is 0 Å². The summed E-state index contributed by atoms with van der Waals surface area (Å²) in [5.41, 5.74) is 0. The second-order valence-electron chi connectivity index (χ2n) is 7.33. The summed E-state index contributed by atoms with van der Waals surface area (Å²) < 4.78 is 11.2. The fraction of sp³-hybridized carbons (Fsp3) is 0.947. The second kappa shape index (κ2) is 12.5. The van der Waals surface area contributed by atoms with Crippen molar-refractivity contribution in [1.82, 2.24) is 15.5 Å². The third kappa shape index (κ3) is 8.38. The summed E-state index contributed by atoms with van der Waals surface area (Å²) in [5, 5.41) is 6.78. The first-order chi connectivity index (χ1) is 12.3. The summed E-state index contributed by atoms with van der Waals surface area (Å²) in [7, 11) is 4.07. The number of nitrogens with one attached hydrogen (secondary N) is 2. The summed E-state index contributed by atoms with van der Waals surface area (Å²) in [6.07, 6.45) is 8.79. The van der Waals surface area contributed by atoms with Crippen LogP contribution in [0.15, 0.2) is 4.99 Å². The Bertz CT molecular complexity index is 366. The minimum atomic E-state index is 0.688. The highest BCUT2D eigenvalue weighted by Gasteiger charge is 2.18. The van der Waals surface area contributed by atoms with Gasteiger partial charge in [-0.2, -0.15) is 0 Å². The molecule has 1 saturated heterocycles. The first-order valence-corrected chi connectivity index (χ1v) is 10.1.